The van der Waals surface area contributed by atoms with Crippen molar-refractivity contribution in [3.63, 3.8) is 0 Å². The highest BCUT2D eigenvalue weighted by Gasteiger charge is 2.25. The van der Waals surface area contributed by atoms with E-state index in [1.807, 2.05) is 41.5 Å². The summed E-state index contributed by atoms with van der Waals surface area (Å²) in [6.45, 7) is 18.4. The van der Waals surface area contributed by atoms with Crippen LogP contribution >= 0.6 is 22.6 Å². The van der Waals surface area contributed by atoms with Gasteiger partial charge < -0.3 is 14.2 Å². The predicted octanol–water partition coefficient (Wildman–Crippen LogP) is 6.41. The molecular weight excluding hydrogens is 479 g/mol. The minimum atomic E-state index is -0.408. The van der Waals surface area contributed by atoms with Crippen LogP contribution in [0.2, 0.25) is 0 Å². The van der Waals surface area contributed by atoms with Crippen molar-refractivity contribution in [1.29, 1.82) is 0 Å². The van der Waals surface area contributed by atoms with Gasteiger partial charge in [-0.3, -0.25) is 0 Å². The standard InChI is InChI=1S/C23H33IN2O3/c1-21(2,3)16-11-14(12-17(24)18(16)27-10)15-13-25-20(29-23(7,8)9)26-19(15)28-22(4,5)6/h11-13H,1-10H3. The molecule has 0 saturated heterocycles. The minimum Gasteiger partial charge on any atom is -0.495 e. The fraction of sp³-hybridized carbons (Fsp3) is 0.565. The quantitative estimate of drug-likeness (QED) is 0.444. The predicted molar refractivity (Wildman–Crippen MR) is 126 cm³/mol. The maximum Gasteiger partial charge on any atom is 0.320 e. The Balaban J connectivity index is 2.68. The maximum atomic E-state index is 6.20. The number of nitrogens with zero attached hydrogens (tertiary/aromatic N) is 2. The van der Waals surface area contributed by atoms with Gasteiger partial charge in [-0.05, 0) is 87.2 Å². The van der Waals surface area contributed by atoms with Crippen LogP contribution in [-0.4, -0.2) is 28.3 Å². The molecule has 29 heavy (non-hydrogen) atoms. The van der Waals surface area contributed by atoms with Gasteiger partial charge in [0.15, 0.2) is 0 Å². The van der Waals surface area contributed by atoms with E-state index in [4.69, 9.17) is 14.2 Å². The molecule has 0 spiro atoms. The van der Waals surface area contributed by atoms with Crippen molar-refractivity contribution in [1.82, 2.24) is 9.97 Å². The molecule has 2 rings (SSSR count). The fourth-order valence-electron chi connectivity index (χ4n) is 2.75. The molecule has 2 aromatic rings. The minimum absolute atomic E-state index is 0.0809. The summed E-state index contributed by atoms with van der Waals surface area (Å²) in [4.78, 5) is 9.04. The zero-order chi connectivity index (χ0) is 22.2. The van der Waals surface area contributed by atoms with Crippen LogP contribution in [0.15, 0.2) is 18.3 Å². The molecule has 0 radical (unpaired) electrons. The maximum absolute atomic E-state index is 6.20. The van der Waals surface area contributed by atoms with Crippen molar-refractivity contribution in [2.45, 2.75) is 78.9 Å². The van der Waals surface area contributed by atoms with Gasteiger partial charge in [0, 0.05) is 11.8 Å². The molecule has 0 unspecified atom stereocenters. The van der Waals surface area contributed by atoms with E-state index in [-0.39, 0.29) is 5.41 Å². The van der Waals surface area contributed by atoms with E-state index < -0.39 is 11.2 Å². The van der Waals surface area contributed by atoms with E-state index in [2.05, 4.69) is 65.5 Å². The molecule has 1 aromatic heterocycles. The van der Waals surface area contributed by atoms with Crippen molar-refractivity contribution >= 4 is 22.6 Å². The first-order valence-electron chi connectivity index (χ1n) is 9.74. The van der Waals surface area contributed by atoms with Crippen LogP contribution in [0.1, 0.15) is 67.9 Å². The Hall–Kier alpha value is -1.57. The van der Waals surface area contributed by atoms with Gasteiger partial charge in [0.05, 0.1) is 16.2 Å². The van der Waals surface area contributed by atoms with Gasteiger partial charge in [0.1, 0.15) is 17.0 Å². The smallest absolute Gasteiger partial charge is 0.320 e. The molecule has 0 N–H and O–H groups in total. The number of aromatic nitrogens is 2. The van der Waals surface area contributed by atoms with Crippen molar-refractivity contribution in [2.75, 3.05) is 7.11 Å². The highest BCUT2D eigenvalue weighted by Crippen LogP contribution is 2.41. The Kier molecular flexibility index (Phi) is 6.77. The van der Waals surface area contributed by atoms with Gasteiger partial charge in [-0.25, -0.2) is 4.98 Å². The normalized spacial score (nSPS) is 12.7. The number of benzene rings is 1. The van der Waals surface area contributed by atoms with Crippen LogP contribution in [0.3, 0.4) is 0 Å². The van der Waals surface area contributed by atoms with Crippen LogP contribution in [-0.2, 0) is 5.41 Å². The van der Waals surface area contributed by atoms with Crippen molar-refractivity contribution in [3.05, 3.63) is 27.5 Å². The summed E-state index contributed by atoms with van der Waals surface area (Å²) >= 11 is 2.31. The lowest BCUT2D eigenvalue weighted by Crippen LogP contribution is -2.26. The number of ether oxygens (including phenoxy) is 3. The van der Waals surface area contributed by atoms with Crippen molar-refractivity contribution in [3.8, 4) is 28.8 Å². The molecule has 0 bridgehead atoms. The molecule has 160 valence electrons. The topological polar surface area (TPSA) is 53.5 Å². The van der Waals surface area contributed by atoms with E-state index in [0.717, 1.165) is 26.0 Å². The van der Waals surface area contributed by atoms with Gasteiger partial charge in [-0.1, -0.05) is 20.8 Å². The van der Waals surface area contributed by atoms with Crippen LogP contribution in [0.25, 0.3) is 11.1 Å². The summed E-state index contributed by atoms with van der Waals surface area (Å²) in [7, 11) is 1.71. The van der Waals surface area contributed by atoms with Gasteiger partial charge in [-0.15, -0.1) is 0 Å². The third-order valence-electron chi connectivity index (χ3n) is 3.90. The SMILES string of the molecule is COc1c(I)cc(-c2cnc(OC(C)(C)C)nc2OC(C)(C)C)cc1C(C)(C)C. The van der Waals surface area contributed by atoms with Gasteiger partial charge >= 0.3 is 6.01 Å². The number of halogens is 1. The zero-order valence-corrected chi connectivity index (χ0v) is 21.4. The van der Waals surface area contributed by atoms with Crippen LogP contribution in [0, 0.1) is 3.57 Å². The van der Waals surface area contributed by atoms with Crippen molar-refractivity contribution in [2.24, 2.45) is 0 Å². The second-order valence-corrected chi connectivity index (χ2v) is 11.3. The van der Waals surface area contributed by atoms with Gasteiger partial charge in [-0.2, -0.15) is 4.98 Å². The number of hydrogen-bond acceptors (Lipinski definition) is 5. The first kappa shape index (κ1) is 23.7. The van der Waals surface area contributed by atoms with E-state index in [9.17, 15) is 0 Å². The Bertz CT molecular complexity index is 875. The van der Waals surface area contributed by atoms with E-state index in [0.29, 0.717) is 11.9 Å². The molecule has 1 aromatic carbocycles. The number of hydrogen-bond donors (Lipinski definition) is 0. The molecule has 1 heterocycles. The summed E-state index contributed by atoms with van der Waals surface area (Å²) in [5, 5.41) is 0. The summed E-state index contributed by atoms with van der Waals surface area (Å²) in [5.41, 5.74) is 2.06. The lowest BCUT2D eigenvalue weighted by Gasteiger charge is -2.26. The van der Waals surface area contributed by atoms with Crippen molar-refractivity contribution < 1.29 is 14.2 Å². The highest BCUT2D eigenvalue weighted by atomic mass is 127. The van der Waals surface area contributed by atoms with E-state index in [1.165, 1.54) is 0 Å². The Morgan fingerprint density at radius 1 is 0.862 bits per heavy atom. The first-order valence-corrected chi connectivity index (χ1v) is 10.8. The van der Waals surface area contributed by atoms with Crippen LogP contribution in [0.5, 0.6) is 17.6 Å². The zero-order valence-electron chi connectivity index (χ0n) is 19.2. The average Bonchev–Trinajstić information content (AvgIpc) is 2.50. The lowest BCUT2D eigenvalue weighted by molar-refractivity contribution is 0.103. The number of rotatable bonds is 4. The average molecular weight is 512 g/mol. The van der Waals surface area contributed by atoms with Crippen LogP contribution < -0.4 is 14.2 Å². The molecule has 6 heteroatoms. The monoisotopic (exact) mass is 512 g/mol. The molecule has 0 amide bonds. The lowest BCUT2D eigenvalue weighted by atomic mass is 9.84. The molecule has 0 aliphatic rings. The van der Waals surface area contributed by atoms with Crippen LogP contribution in [0.4, 0.5) is 0 Å². The van der Waals surface area contributed by atoms with Gasteiger partial charge in [0.2, 0.25) is 5.88 Å². The van der Waals surface area contributed by atoms with E-state index in [1.54, 1.807) is 13.3 Å². The third kappa shape index (κ3) is 6.46. The Morgan fingerprint density at radius 3 is 1.93 bits per heavy atom. The second-order valence-electron chi connectivity index (χ2n) is 10.1. The van der Waals surface area contributed by atoms with Gasteiger partial charge in [0.25, 0.3) is 0 Å². The molecule has 0 aliphatic carbocycles. The molecule has 5 nitrogen and oxygen atoms in total. The Labute approximate surface area is 188 Å². The highest BCUT2D eigenvalue weighted by molar-refractivity contribution is 14.1. The molecule has 0 saturated carbocycles. The second kappa shape index (κ2) is 8.28. The molecule has 0 fully saturated rings. The third-order valence-corrected chi connectivity index (χ3v) is 4.70. The summed E-state index contributed by atoms with van der Waals surface area (Å²) in [6, 6.07) is 4.52. The largest absolute Gasteiger partial charge is 0.495 e. The molecular formula is C23H33IN2O3. The Morgan fingerprint density at radius 2 is 1.45 bits per heavy atom. The summed E-state index contributed by atoms with van der Waals surface area (Å²) in [6.07, 6.45) is 1.78. The molecule has 0 atom stereocenters. The van der Waals surface area contributed by atoms with E-state index >= 15 is 0 Å². The summed E-state index contributed by atoms with van der Waals surface area (Å²) < 4.78 is 18.8. The fourth-order valence-corrected chi connectivity index (χ4v) is 3.60. The number of methoxy groups -OCH3 is 1. The summed E-state index contributed by atoms with van der Waals surface area (Å²) in [5.74, 6) is 1.40. The molecule has 0 aliphatic heterocycles. The first-order chi connectivity index (χ1) is 13.1.